The van der Waals surface area contributed by atoms with Gasteiger partial charge >= 0.3 is 0 Å². The van der Waals surface area contributed by atoms with E-state index in [1.54, 1.807) is 6.07 Å². The van der Waals surface area contributed by atoms with Crippen LogP contribution in [0.2, 0.25) is 0 Å². The van der Waals surface area contributed by atoms with Crippen molar-refractivity contribution >= 4 is 17.2 Å². The average Bonchev–Trinajstić information content (AvgIpc) is 2.90. The van der Waals surface area contributed by atoms with Gasteiger partial charge in [0.15, 0.2) is 0 Å². The molecule has 0 aliphatic rings. The van der Waals surface area contributed by atoms with E-state index in [-0.39, 0.29) is 12.5 Å². The maximum atomic E-state index is 12.3. The second-order valence-electron chi connectivity index (χ2n) is 4.52. The highest BCUT2D eigenvalue weighted by Crippen LogP contribution is 2.16. The fraction of sp³-hybridized carbons (Fsp3) is 0.533. The number of hydrogen-bond donors (Lipinski definition) is 1. The first-order valence-electron chi connectivity index (χ1n) is 6.59. The number of aliphatic hydroxyl groups excluding tert-OH is 1. The van der Waals surface area contributed by atoms with Crippen LogP contribution in [0.25, 0.3) is 0 Å². The molecule has 1 aromatic rings. The molecule has 0 fully saturated rings. The Hall–Kier alpha value is -1.31. The van der Waals surface area contributed by atoms with Crippen LogP contribution >= 0.6 is 11.3 Å². The van der Waals surface area contributed by atoms with E-state index in [1.165, 1.54) is 11.3 Å². The molecule has 1 N–H and O–H groups in total. The summed E-state index contributed by atoms with van der Waals surface area (Å²) < 4.78 is 0. The number of rotatable bonds is 5. The van der Waals surface area contributed by atoms with Crippen LogP contribution in [0.5, 0.6) is 0 Å². The summed E-state index contributed by atoms with van der Waals surface area (Å²) in [5.74, 6) is 5.99. The van der Waals surface area contributed by atoms with Crippen LogP contribution < -0.4 is 0 Å². The molecule has 0 saturated heterocycles. The summed E-state index contributed by atoms with van der Waals surface area (Å²) in [7, 11) is 0. The van der Waals surface area contributed by atoms with Crippen molar-refractivity contribution in [3.63, 3.8) is 0 Å². The molecule has 19 heavy (non-hydrogen) atoms. The van der Waals surface area contributed by atoms with Crippen molar-refractivity contribution in [2.75, 3.05) is 19.7 Å². The highest BCUT2D eigenvalue weighted by atomic mass is 32.1. The van der Waals surface area contributed by atoms with Crippen LogP contribution in [0.15, 0.2) is 11.4 Å². The van der Waals surface area contributed by atoms with Crippen LogP contribution in [0.3, 0.4) is 0 Å². The lowest BCUT2D eigenvalue weighted by Crippen LogP contribution is -2.34. The van der Waals surface area contributed by atoms with Crippen molar-refractivity contribution in [2.45, 2.75) is 27.2 Å². The lowest BCUT2D eigenvalue weighted by atomic mass is 10.1. The molecule has 1 amide bonds. The molecule has 1 atom stereocenters. The first-order chi connectivity index (χ1) is 9.12. The van der Waals surface area contributed by atoms with Gasteiger partial charge in [-0.3, -0.25) is 4.79 Å². The Labute approximate surface area is 119 Å². The van der Waals surface area contributed by atoms with E-state index in [2.05, 4.69) is 25.7 Å². The Bertz CT molecular complexity index is 470. The van der Waals surface area contributed by atoms with Crippen LogP contribution in [0.1, 0.15) is 42.4 Å². The van der Waals surface area contributed by atoms with Crippen LogP contribution in [-0.2, 0) is 0 Å². The smallest absolute Gasteiger partial charge is 0.254 e. The van der Waals surface area contributed by atoms with Crippen molar-refractivity contribution in [1.29, 1.82) is 0 Å². The van der Waals surface area contributed by atoms with Crippen LogP contribution in [0, 0.1) is 17.8 Å². The largest absolute Gasteiger partial charge is 0.384 e. The molecule has 1 aromatic heterocycles. The van der Waals surface area contributed by atoms with E-state index in [4.69, 9.17) is 5.11 Å². The van der Waals surface area contributed by atoms with Crippen molar-refractivity contribution in [2.24, 2.45) is 5.92 Å². The number of hydrogen-bond acceptors (Lipinski definition) is 3. The van der Waals surface area contributed by atoms with Gasteiger partial charge < -0.3 is 10.0 Å². The zero-order valence-corrected chi connectivity index (χ0v) is 12.6. The monoisotopic (exact) mass is 279 g/mol. The van der Waals surface area contributed by atoms with Gasteiger partial charge in [0.25, 0.3) is 5.91 Å². The fourth-order valence-corrected chi connectivity index (χ4v) is 2.43. The quantitative estimate of drug-likeness (QED) is 0.842. The summed E-state index contributed by atoms with van der Waals surface area (Å²) in [5.41, 5.74) is 0.692. The zero-order valence-electron chi connectivity index (χ0n) is 11.8. The Balaban J connectivity index is 2.77. The average molecular weight is 279 g/mol. The van der Waals surface area contributed by atoms with Gasteiger partial charge in [-0.15, -0.1) is 11.3 Å². The summed E-state index contributed by atoms with van der Waals surface area (Å²) >= 11 is 1.44. The molecule has 0 saturated carbocycles. The predicted molar refractivity (Wildman–Crippen MR) is 79.3 cm³/mol. The number of carbonyl (C=O) groups is 1. The molecule has 0 aromatic carbocycles. The summed E-state index contributed by atoms with van der Waals surface area (Å²) in [4.78, 5) is 15.0. The van der Waals surface area contributed by atoms with Crippen molar-refractivity contribution in [3.05, 3.63) is 21.9 Å². The number of carbonyl (C=O) groups excluding carboxylic acids is 1. The summed E-state index contributed by atoms with van der Waals surface area (Å²) in [5, 5.41) is 10.5. The topological polar surface area (TPSA) is 40.5 Å². The minimum Gasteiger partial charge on any atom is -0.384 e. The van der Waals surface area contributed by atoms with Crippen LogP contribution in [-0.4, -0.2) is 35.6 Å². The molecule has 3 nitrogen and oxygen atoms in total. The normalized spacial score (nSPS) is 11.6. The Morgan fingerprint density at radius 3 is 2.84 bits per heavy atom. The third-order valence-corrected chi connectivity index (χ3v) is 3.88. The number of amides is 1. The van der Waals surface area contributed by atoms with E-state index >= 15 is 0 Å². The summed E-state index contributed by atoms with van der Waals surface area (Å²) in [6.07, 6.45) is 1.07. The molecule has 1 heterocycles. The van der Waals surface area contributed by atoms with E-state index in [0.29, 0.717) is 11.5 Å². The van der Waals surface area contributed by atoms with E-state index < -0.39 is 0 Å². The lowest BCUT2D eigenvalue weighted by molar-refractivity contribution is 0.0741. The SMILES string of the molecule is CCC(C)CN(CC)C(=O)c1csc(C#CCO)c1. The van der Waals surface area contributed by atoms with Crippen molar-refractivity contribution < 1.29 is 9.90 Å². The molecule has 0 aliphatic carbocycles. The maximum absolute atomic E-state index is 12.3. The zero-order chi connectivity index (χ0) is 14.3. The molecule has 0 spiro atoms. The predicted octanol–water partition coefficient (Wildman–Crippen LogP) is 2.60. The Morgan fingerprint density at radius 2 is 2.26 bits per heavy atom. The molecular formula is C15H21NO2S. The molecule has 0 bridgehead atoms. The van der Waals surface area contributed by atoms with Crippen molar-refractivity contribution in [1.82, 2.24) is 4.90 Å². The highest BCUT2D eigenvalue weighted by Gasteiger charge is 2.17. The van der Waals surface area contributed by atoms with Gasteiger partial charge in [-0.05, 0) is 18.9 Å². The molecule has 1 rings (SSSR count). The second kappa shape index (κ2) is 7.98. The third-order valence-electron chi connectivity index (χ3n) is 3.03. The van der Waals surface area contributed by atoms with E-state index in [1.807, 2.05) is 17.2 Å². The number of aliphatic hydroxyl groups is 1. The molecule has 0 radical (unpaired) electrons. The van der Waals surface area contributed by atoms with Gasteiger partial charge in [-0.2, -0.15) is 0 Å². The molecule has 0 aliphatic heterocycles. The second-order valence-corrected chi connectivity index (χ2v) is 5.43. The molecule has 4 heteroatoms. The summed E-state index contributed by atoms with van der Waals surface area (Å²) in [6, 6.07) is 1.80. The van der Waals surface area contributed by atoms with E-state index in [9.17, 15) is 4.79 Å². The third kappa shape index (κ3) is 4.70. The summed E-state index contributed by atoms with van der Waals surface area (Å²) in [6.45, 7) is 7.64. The standard InChI is InChI=1S/C15H21NO2S/c1-4-12(3)10-16(5-2)15(18)13-9-14(19-11-13)7-6-8-17/h9,11-12,17H,4-5,8,10H2,1-3H3. The van der Waals surface area contributed by atoms with Gasteiger partial charge in [0.1, 0.15) is 6.61 Å². The fourth-order valence-electron chi connectivity index (χ4n) is 1.68. The molecule has 1 unspecified atom stereocenters. The Morgan fingerprint density at radius 1 is 1.53 bits per heavy atom. The minimum absolute atomic E-state index is 0.0658. The minimum atomic E-state index is -0.156. The lowest BCUT2D eigenvalue weighted by Gasteiger charge is -2.23. The van der Waals surface area contributed by atoms with E-state index in [0.717, 1.165) is 24.4 Å². The first-order valence-corrected chi connectivity index (χ1v) is 7.47. The first kappa shape index (κ1) is 15.7. The molecule has 104 valence electrons. The van der Waals surface area contributed by atoms with Gasteiger partial charge in [0.05, 0.1) is 10.4 Å². The molecular weight excluding hydrogens is 258 g/mol. The Kier molecular flexibility index (Phi) is 6.61. The van der Waals surface area contributed by atoms with Crippen LogP contribution in [0.4, 0.5) is 0 Å². The van der Waals surface area contributed by atoms with Gasteiger partial charge in [0.2, 0.25) is 0 Å². The van der Waals surface area contributed by atoms with Gasteiger partial charge in [-0.1, -0.05) is 32.1 Å². The number of nitrogens with zero attached hydrogens (tertiary/aromatic N) is 1. The van der Waals surface area contributed by atoms with Gasteiger partial charge in [-0.25, -0.2) is 0 Å². The van der Waals surface area contributed by atoms with Crippen molar-refractivity contribution in [3.8, 4) is 11.8 Å². The highest BCUT2D eigenvalue weighted by molar-refractivity contribution is 7.10. The number of thiophene rings is 1. The van der Waals surface area contributed by atoms with Gasteiger partial charge in [0, 0.05) is 18.5 Å². The maximum Gasteiger partial charge on any atom is 0.254 e.